The van der Waals surface area contributed by atoms with Gasteiger partial charge in [-0.05, 0) is 55.7 Å². The Bertz CT molecular complexity index is 1280. The molecule has 2 aliphatic rings. The topological polar surface area (TPSA) is 85.0 Å². The predicted octanol–water partition coefficient (Wildman–Crippen LogP) is 4.93. The molecule has 186 valence electrons. The number of aryl methyl sites for hydroxylation is 2. The molecule has 0 saturated heterocycles. The van der Waals surface area contributed by atoms with Crippen LogP contribution < -0.4 is 5.32 Å². The van der Waals surface area contributed by atoms with Crippen molar-refractivity contribution < 1.29 is 23.1 Å². The number of anilines is 1. The molecule has 1 aromatic carbocycles. The highest BCUT2D eigenvalue weighted by molar-refractivity contribution is 6.31. The molecular formula is C24H25ClF3N5O2. The summed E-state index contributed by atoms with van der Waals surface area (Å²) in [5.74, 6) is -0.727. The average molecular weight is 508 g/mol. The number of nitrogens with one attached hydrogen (secondary N) is 1. The van der Waals surface area contributed by atoms with Gasteiger partial charge < -0.3 is 15.0 Å². The van der Waals surface area contributed by atoms with Gasteiger partial charge in [0.1, 0.15) is 17.2 Å². The average Bonchev–Trinajstić information content (AvgIpc) is 3.52. The number of benzene rings is 1. The summed E-state index contributed by atoms with van der Waals surface area (Å²) in [6.45, 7) is 0. The van der Waals surface area contributed by atoms with Gasteiger partial charge in [-0.2, -0.15) is 5.10 Å². The second kappa shape index (κ2) is 8.67. The molecule has 2 N–H and O–H groups in total. The molecule has 1 amide bonds. The second-order valence-electron chi connectivity index (χ2n) is 9.70. The molecule has 2 aromatic heterocycles. The van der Waals surface area contributed by atoms with Crippen molar-refractivity contribution >= 4 is 23.2 Å². The lowest BCUT2D eigenvalue weighted by atomic mass is 9.87. The maximum atomic E-state index is 13.5. The molecule has 2 atom stereocenters. The number of carbonyl (C=O) groups is 1. The fourth-order valence-corrected chi connectivity index (χ4v) is 6.10. The highest BCUT2D eigenvalue weighted by Crippen LogP contribution is 2.57. The maximum Gasteiger partial charge on any atom is 0.282 e. The molecular weight excluding hydrogens is 483 g/mol. The van der Waals surface area contributed by atoms with Gasteiger partial charge in [-0.15, -0.1) is 0 Å². The summed E-state index contributed by atoms with van der Waals surface area (Å²) in [6, 6.07) is 3.96. The molecule has 7 nitrogen and oxygen atoms in total. The zero-order chi connectivity index (χ0) is 25.1. The van der Waals surface area contributed by atoms with Gasteiger partial charge in [0.05, 0.1) is 22.6 Å². The number of aromatic nitrogens is 4. The Morgan fingerprint density at radius 2 is 1.94 bits per heavy atom. The predicted molar refractivity (Wildman–Crippen MR) is 123 cm³/mol. The van der Waals surface area contributed by atoms with Crippen LogP contribution in [0, 0.1) is 17.7 Å². The van der Waals surface area contributed by atoms with Crippen LogP contribution in [-0.2, 0) is 19.7 Å². The van der Waals surface area contributed by atoms with Crippen molar-refractivity contribution in [2.45, 2.75) is 43.6 Å². The number of hydrogen-bond donors (Lipinski definition) is 2. The SMILES string of the molecule is Cn1cc(C2(O)CC3CC(c4ncn(C)c4C(=O)Nc4ccc(F)c(Cl)c4)CC3C2)c(C(F)F)n1. The molecule has 2 aliphatic carbocycles. The van der Waals surface area contributed by atoms with E-state index in [1.54, 1.807) is 25.0 Å². The third-order valence-electron chi connectivity index (χ3n) is 7.35. The Hall–Kier alpha value is -2.85. The van der Waals surface area contributed by atoms with E-state index in [4.69, 9.17) is 11.6 Å². The number of nitrogens with zero attached hydrogens (tertiary/aromatic N) is 4. The number of alkyl halides is 2. The van der Waals surface area contributed by atoms with Crippen molar-refractivity contribution in [1.29, 1.82) is 0 Å². The van der Waals surface area contributed by atoms with Crippen LogP contribution in [0.1, 0.15) is 65.5 Å². The Labute approximate surface area is 204 Å². The summed E-state index contributed by atoms with van der Waals surface area (Å²) in [5, 5.41) is 17.8. The summed E-state index contributed by atoms with van der Waals surface area (Å²) < 4.78 is 43.4. The monoisotopic (exact) mass is 507 g/mol. The van der Waals surface area contributed by atoms with Crippen LogP contribution >= 0.6 is 11.6 Å². The Morgan fingerprint density at radius 3 is 2.57 bits per heavy atom. The van der Waals surface area contributed by atoms with Gasteiger partial charge >= 0.3 is 0 Å². The van der Waals surface area contributed by atoms with Crippen LogP contribution in [0.3, 0.4) is 0 Å². The van der Waals surface area contributed by atoms with Gasteiger partial charge in [0.25, 0.3) is 12.3 Å². The summed E-state index contributed by atoms with van der Waals surface area (Å²) >= 11 is 5.83. The highest BCUT2D eigenvalue weighted by atomic mass is 35.5. The highest BCUT2D eigenvalue weighted by Gasteiger charge is 2.52. The minimum absolute atomic E-state index is 0.00299. The third-order valence-corrected chi connectivity index (χ3v) is 7.64. The molecule has 5 rings (SSSR count). The smallest absolute Gasteiger partial charge is 0.282 e. The van der Waals surface area contributed by atoms with Gasteiger partial charge in [-0.25, -0.2) is 18.2 Å². The summed E-state index contributed by atoms with van der Waals surface area (Å²) in [5.41, 5.74) is -0.0724. The zero-order valence-corrected chi connectivity index (χ0v) is 19.9. The van der Waals surface area contributed by atoms with Crippen LogP contribution in [0.2, 0.25) is 5.02 Å². The van der Waals surface area contributed by atoms with E-state index in [0.717, 1.165) is 0 Å². The van der Waals surface area contributed by atoms with E-state index in [2.05, 4.69) is 15.4 Å². The third kappa shape index (κ3) is 4.23. The second-order valence-corrected chi connectivity index (χ2v) is 10.1. The quantitative estimate of drug-likeness (QED) is 0.513. The number of aliphatic hydroxyl groups is 1. The first kappa shape index (κ1) is 23.9. The summed E-state index contributed by atoms with van der Waals surface area (Å²) in [7, 11) is 3.30. The molecule has 11 heteroatoms. The minimum atomic E-state index is -2.76. The van der Waals surface area contributed by atoms with E-state index in [1.165, 1.54) is 29.1 Å². The first-order valence-corrected chi connectivity index (χ1v) is 11.8. The van der Waals surface area contributed by atoms with Crippen molar-refractivity contribution in [2.75, 3.05) is 5.32 Å². The molecule has 0 aliphatic heterocycles. The molecule has 0 bridgehead atoms. The van der Waals surface area contributed by atoms with E-state index in [1.807, 2.05) is 0 Å². The number of halogens is 4. The lowest BCUT2D eigenvalue weighted by Crippen LogP contribution is -2.24. The Morgan fingerprint density at radius 1 is 1.26 bits per heavy atom. The van der Waals surface area contributed by atoms with Crippen LogP contribution in [0.5, 0.6) is 0 Å². The van der Waals surface area contributed by atoms with Crippen LogP contribution in [-0.4, -0.2) is 30.3 Å². The fraction of sp³-hybridized carbons (Fsp3) is 0.458. The Balaban J connectivity index is 1.33. The number of amides is 1. The van der Waals surface area contributed by atoms with Crippen molar-refractivity contribution in [2.24, 2.45) is 25.9 Å². The Kier molecular flexibility index (Phi) is 5.91. The van der Waals surface area contributed by atoms with Crippen LogP contribution in [0.15, 0.2) is 30.7 Å². The van der Waals surface area contributed by atoms with Crippen molar-refractivity contribution in [1.82, 2.24) is 19.3 Å². The van der Waals surface area contributed by atoms with E-state index in [-0.39, 0.29) is 39.9 Å². The van der Waals surface area contributed by atoms with E-state index in [9.17, 15) is 23.1 Å². The molecule has 35 heavy (non-hydrogen) atoms. The van der Waals surface area contributed by atoms with Crippen molar-refractivity contribution in [3.05, 3.63) is 64.2 Å². The molecule has 3 aromatic rings. The van der Waals surface area contributed by atoms with Gasteiger partial charge in [0, 0.05) is 37.5 Å². The molecule has 2 heterocycles. The van der Waals surface area contributed by atoms with E-state index in [0.29, 0.717) is 42.8 Å². The van der Waals surface area contributed by atoms with Crippen LogP contribution in [0.25, 0.3) is 0 Å². The van der Waals surface area contributed by atoms with Gasteiger partial charge in [-0.1, -0.05) is 11.6 Å². The van der Waals surface area contributed by atoms with E-state index < -0.39 is 17.8 Å². The van der Waals surface area contributed by atoms with Gasteiger partial charge in [0.15, 0.2) is 0 Å². The normalized spacial score (nSPS) is 25.9. The van der Waals surface area contributed by atoms with Crippen LogP contribution in [0.4, 0.5) is 18.9 Å². The van der Waals surface area contributed by atoms with Crippen molar-refractivity contribution in [3.63, 3.8) is 0 Å². The fourth-order valence-electron chi connectivity index (χ4n) is 5.92. The number of hydrogen-bond acceptors (Lipinski definition) is 4. The molecule has 2 saturated carbocycles. The summed E-state index contributed by atoms with van der Waals surface area (Å²) in [4.78, 5) is 17.6. The maximum absolute atomic E-state index is 13.5. The lowest BCUT2D eigenvalue weighted by molar-refractivity contribution is 0.0290. The first-order valence-electron chi connectivity index (χ1n) is 11.4. The number of fused-ring (bicyclic) bond motifs is 1. The largest absolute Gasteiger partial charge is 0.385 e. The molecule has 0 spiro atoms. The standard InChI is InChI=1S/C24H25ClF3N5O2/c1-32-11-29-19(21(32)23(34)30-15-3-4-18(26)17(25)7-15)12-5-13-8-24(35,9-14(13)6-12)16-10-33(2)31-20(16)22(27)28/h3-4,7,10-14,22,35H,5-6,8-9H2,1-2H3,(H,30,34). The number of rotatable bonds is 5. The van der Waals surface area contributed by atoms with Crippen molar-refractivity contribution in [3.8, 4) is 0 Å². The molecule has 0 radical (unpaired) electrons. The van der Waals surface area contributed by atoms with E-state index >= 15 is 0 Å². The minimum Gasteiger partial charge on any atom is -0.385 e. The number of imidazole rings is 1. The first-order chi connectivity index (χ1) is 16.6. The molecule has 2 unspecified atom stereocenters. The summed E-state index contributed by atoms with van der Waals surface area (Å²) in [6.07, 6.45) is 2.42. The lowest BCUT2D eigenvalue weighted by Gasteiger charge is -2.25. The molecule has 2 fully saturated rings. The number of carbonyl (C=O) groups excluding carboxylic acids is 1. The van der Waals surface area contributed by atoms with Gasteiger partial charge in [0.2, 0.25) is 0 Å². The zero-order valence-electron chi connectivity index (χ0n) is 19.2. The van der Waals surface area contributed by atoms with Gasteiger partial charge in [-0.3, -0.25) is 9.48 Å².